The van der Waals surface area contributed by atoms with Gasteiger partial charge in [-0.1, -0.05) is 29.8 Å². The summed E-state index contributed by atoms with van der Waals surface area (Å²) in [6, 6.07) is 11.4. The second-order valence-electron chi connectivity index (χ2n) is 6.32. The maximum absolute atomic E-state index is 13.4. The molecule has 0 saturated carbocycles. The van der Waals surface area contributed by atoms with E-state index >= 15 is 0 Å². The molecule has 0 N–H and O–H groups in total. The summed E-state index contributed by atoms with van der Waals surface area (Å²) in [5, 5.41) is 4.48. The van der Waals surface area contributed by atoms with Gasteiger partial charge >= 0.3 is 0 Å². The fourth-order valence-corrected chi connectivity index (χ4v) is 6.41. The Bertz CT molecular complexity index is 1090. The van der Waals surface area contributed by atoms with Crippen LogP contribution in [0.1, 0.15) is 21.8 Å². The van der Waals surface area contributed by atoms with Gasteiger partial charge in [-0.05, 0) is 44.0 Å². The van der Waals surface area contributed by atoms with Crippen LogP contribution in [0.4, 0.5) is 5.69 Å². The summed E-state index contributed by atoms with van der Waals surface area (Å²) in [5.74, 6) is 0. The lowest BCUT2D eigenvalue weighted by molar-refractivity contribution is 0.590. The summed E-state index contributed by atoms with van der Waals surface area (Å²) < 4.78 is 30.7. The highest BCUT2D eigenvalue weighted by Crippen LogP contribution is 2.34. The smallest absolute Gasteiger partial charge is 0.266 e. The Morgan fingerprint density at radius 1 is 1.19 bits per heavy atom. The zero-order chi connectivity index (χ0) is 18.5. The topological polar surface area (TPSA) is 55.2 Å². The fraction of sp³-hybridized carbons (Fsp3) is 0.278. The Hall–Kier alpha value is -1.83. The van der Waals surface area contributed by atoms with Crippen molar-refractivity contribution in [3.8, 4) is 0 Å². The Morgan fingerprint density at radius 2 is 1.96 bits per heavy atom. The van der Waals surface area contributed by atoms with E-state index in [1.54, 1.807) is 11.6 Å². The van der Waals surface area contributed by atoms with Crippen molar-refractivity contribution >= 4 is 38.6 Å². The van der Waals surface area contributed by atoms with Crippen molar-refractivity contribution in [3.05, 3.63) is 62.6 Å². The average molecular weight is 408 g/mol. The minimum absolute atomic E-state index is 0.303. The Kier molecular flexibility index (Phi) is 4.33. The molecule has 1 aromatic carbocycles. The number of sulfonamides is 1. The SMILES string of the molecule is Cc1nn(Cc2ccc(Cl)s2)c(C)c1S(=O)(=O)N1CCc2ccccc21. The Morgan fingerprint density at radius 3 is 2.69 bits per heavy atom. The van der Waals surface area contributed by atoms with Gasteiger partial charge in [0.2, 0.25) is 0 Å². The second kappa shape index (κ2) is 6.40. The van der Waals surface area contributed by atoms with E-state index in [0.29, 0.717) is 33.7 Å². The Labute approximate surface area is 161 Å². The first-order chi connectivity index (χ1) is 12.4. The lowest BCUT2D eigenvalue weighted by Crippen LogP contribution is -2.30. The molecule has 2 aromatic heterocycles. The quantitative estimate of drug-likeness (QED) is 0.656. The molecule has 0 saturated heterocycles. The first-order valence-corrected chi connectivity index (χ1v) is 10.9. The van der Waals surface area contributed by atoms with Gasteiger partial charge in [-0.15, -0.1) is 11.3 Å². The van der Waals surface area contributed by atoms with Crippen LogP contribution in [0, 0.1) is 13.8 Å². The van der Waals surface area contributed by atoms with Crippen LogP contribution in [0.3, 0.4) is 0 Å². The summed E-state index contributed by atoms with van der Waals surface area (Å²) in [5.41, 5.74) is 3.00. The molecule has 0 spiro atoms. The van der Waals surface area contributed by atoms with Gasteiger partial charge in [0.25, 0.3) is 10.0 Å². The van der Waals surface area contributed by atoms with Crippen molar-refractivity contribution in [1.82, 2.24) is 9.78 Å². The number of benzene rings is 1. The predicted octanol–water partition coefficient (Wildman–Crippen LogP) is 4.01. The molecule has 5 nitrogen and oxygen atoms in total. The minimum atomic E-state index is -3.65. The zero-order valence-corrected chi connectivity index (χ0v) is 16.8. The van der Waals surface area contributed by atoms with Crippen LogP contribution in [0.25, 0.3) is 0 Å². The van der Waals surface area contributed by atoms with Gasteiger partial charge in [0.15, 0.2) is 0 Å². The molecule has 3 heterocycles. The molecule has 0 aliphatic carbocycles. The monoisotopic (exact) mass is 407 g/mol. The number of halogens is 1. The summed E-state index contributed by atoms with van der Waals surface area (Å²) >= 11 is 7.47. The normalized spacial score (nSPS) is 14.0. The van der Waals surface area contributed by atoms with E-state index in [4.69, 9.17) is 11.6 Å². The van der Waals surface area contributed by atoms with Crippen LogP contribution in [0.15, 0.2) is 41.3 Å². The molecule has 26 heavy (non-hydrogen) atoms. The summed E-state index contributed by atoms with van der Waals surface area (Å²) in [4.78, 5) is 1.34. The molecule has 0 unspecified atom stereocenters. The van der Waals surface area contributed by atoms with Crippen molar-refractivity contribution in [2.24, 2.45) is 0 Å². The molecule has 0 radical (unpaired) electrons. The number of rotatable bonds is 4. The van der Waals surface area contributed by atoms with E-state index in [-0.39, 0.29) is 0 Å². The highest BCUT2D eigenvalue weighted by molar-refractivity contribution is 7.93. The molecule has 0 fully saturated rings. The molecular formula is C18H18ClN3O2S2. The number of anilines is 1. The van der Waals surface area contributed by atoms with E-state index in [9.17, 15) is 8.42 Å². The van der Waals surface area contributed by atoms with Gasteiger partial charge in [-0.3, -0.25) is 8.99 Å². The minimum Gasteiger partial charge on any atom is -0.266 e. The van der Waals surface area contributed by atoms with Crippen LogP contribution in [0.2, 0.25) is 4.34 Å². The van der Waals surface area contributed by atoms with Gasteiger partial charge in [0.1, 0.15) is 4.90 Å². The van der Waals surface area contributed by atoms with Crippen LogP contribution < -0.4 is 4.31 Å². The number of para-hydroxylation sites is 1. The van der Waals surface area contributed by atoms with Crippen LogP contribution >= 0.6 is 22.9 Å². The summed E-state index contributed by atoms with van der Waals surface area (Å²) in [7, 11) is -3.65. The molecule has 3 aromatic rings. The van der Waals surface area contributed by atoms with Crippen molar-refractivity contribution in [1.29, 1.82) is 0 Å². The third-order valence-electron chi connectivity index (χ3n) is 4.64. The number of aryl methyl sites for hydroxylation is 1. The van der Waals surface area contributed by atoms with Gasteiger partial charge in [0, 0.05) is 11.4 Å². The molecule has 1 aliphatic rings. The van der Waals surface area contributed by atoms with E-state index in [0.717, 1.165) is 22.5 Å². The highest BCUT2D eigenvalue weighted by atomic mass is 35.5. The van der Waals surface area contributed by atoms with Crippen molar-refractivity contribution in [2.75, 3.05) is 10.8 Å². The number of thiophene rings is 1. The number of hydrogen-bond acceptors (Lipinski definition) is 4. The van der Waals surface area contributed by atoms with Gasteiger partial charge < -0.3 is 0 Å². The lowest BCUT2D eigenvalue weighted by Gasteiger charge is -2.19. The second-order valence-corrected chi connectivity index (χ2v) is 9.92. The Balaban J connectivity index is 1.74. The van der Waals surface area contributed by atoms with Crippen molar-refractivity contribution in [2.45, 2.75) is 31.7 Å². The predicted molar refractivity (Wildman–Crippen MR) is 105 cm³/mol. The van der Waals surface area contributed by atoms with Crippen molar-refractivity contribution < 1.29 is 8.42 Å². The number of aromatic nitrogens is 2. The first-order valence-electron chi connectivity index (χ1n) is 8.27. The molecule has 0 bridgehead atoms. The van der Waals surface area contributed by atoms with Crippen LogP contribution in [-0.4, -0.2) is 24.7 Å². The highest BCUT2D eigenvalue weighted by Gasteiger charge is 2.34. The molecule has 0 amide bonds. The van der Waals surface area contributed by atoms with Gasteiger partial charge in [-0.25, -0.2) is 8.42 Å². The fourth-order valence-electron chi connectivity index (χ4n) is 3.46. The average Bonchev–Trinajstić information content (AvgIpc) is 3.26. The number of hydrogen-bond donors (Lipinski definition) is 0. The van der Waals surface area contributed by atoms with E-state index in [1.807, 2.05) is 43.3 Å². The molecule has 8 heteroatoms. The van der Waals surface area contributed by atoms with E-state index in [2.05, 4.69) is 5.10 Å². The molecule has 1 aliphatic heterocycles. The largest absolute Gasteiger partial charge is 0.268 e. The van der Waals surface area contributed by atoms with Crippen LogP contribution in [0.5, 0.6) is 0 Å². The van der Waals surface area contributed by atoms with Gasteiger partial charge in [-0.2, -0.15) is 5.10 Å². The zero-order valence-electron chi connectivity index (χ0n) is 14.4. The molecule has 0 atom stereocenters. The summed E-state index contributed by atoms with van der Waals surface area (Å²) in [6.07, 6.45) is 0.731. The van der Waals surface area contributed by atoms with Crippen LogP contribution in [-0.2, 0) is 23.0 Å². The number of nitrogens with zero attached hydrogens (tertiary/aromatic N) is 3. The van der Waals surface area contributed by atoms with E-state index in [1.165, 1.54) is 15.6 Å². The molecule has 136 valence electrons. The molecular weight excluding hydrogens is 390 g/mol. The first kappa shape index (κ1) is 17.6. The standard InChI is InChI=1S/C18H18ClN3O2S2/c1-12-18(13(2)21(20-12)11-15-7-8-17(19)25-15)26(23,24)22-10-9-14-5-3-4-6-16(14)22/h3-8H,9-11H2,1-2H3. The number of fused-ring (bicyclic) bond motifs is 1. The maximum Gasteiger partial charge on any atom is 0.268 e. The lowest BCUT2D eigenvalue weighted by atomic mass is 10.2. The third-order valence-corrected chi connectivity index (χ3v) is 7.92. The van der Waals surface area contributed by atoms with E-state index < -0.39 is 10.0 Å². The third kappa shape index (κ3) is 2.84. The van der Waals surface area contributed by atoms with Gasteiger partial charge in [0.05, 0.1) is 28.0 Å². The summed E-state index contributed by atoms with van der Waals surface area (Å²) in [6.45, 7) is 4.53. The van der Waals surface area contributed by atoms with Crippen molar-refractivity contribution in [3.63, 3.8) is 0 Å². The molecule has 4 rings (SSSR count). The maximum atomic E-state index is 13.4.